The minimum absolute atomic E-state index is 0.134. The number of ether oxygens (including phenoxy) is 1. The summed E-state index contributed by atoms with van der Waals surface area (Å²) in [7, 11) is 3.10. The van der Waals surface area contributed by atoms with Crippen molar-refractivity contribution in [3.8, 4) is 11.5 Å². The second-order valence-corrected chi connectivity index (χ2v) is 4.67. The normalized spacial score (nSPS) is 10.2. The predicted octanol–water partition coefficient (Wildman–Crippen LogP) is 2.81. The third kappa shape index (κ3) is 3.51. The molecule has 4 nitrogen and oxygen atoms in total. The lowest BCUT2D eigenvalue weighted by molar-refractivity contribution is 0.0782. The number of phenolic OH excluding ortho intramolecular Hbond substituents is 1. The first-order valence-corrected chi connectivity index (χ1v) is 6.38. The summed E-state index contributed by atoms with van der Waals surface area (Å²) < 4.78 is 17.8. The van der Waals surface area contributed by atoms with Crippen LogP contribution in [0.3, 0.4) is 0 Å². The Bertz CT molecular complexity index is 640. The Kier molecular flexibility index (Phi) is 4.42. The van der Waals surface area contributed by atoms with Crippen molar-refractivity contribution in [1.29, 1.82) is 0 Å². The van der Waals surface area contributed by atoms with Crippen LogP contribution in [0, 0.1) is 5.82 Å². The highest BCUT2D eigenvalue weighted by Gasteiger charge is 2.16. The Balaban J connectivity index is 2.13. The van der Waals surface area contributed by atoms with E-state index in [0.717, 1.165) is 5.56 Å². The van der Waals surface area contributed by atoms with E-state index in [0.29, 0.717) is 12.3 Å². The van der Waals surface area contributed by atoms with E-state index in [1.807, 2.05) is 0 Å². The number of aromatic hydroxyl groups is 1. The third-order valence-corrected chi connectivity index (χ3v) is 3.12. The van der Waals surface area contributed by atoms with Crippen molar-refractivity contribution in [2.75, 3.05) is 14.2 Å². The fourth-order valence-electron chi connectivity index (χ4n) is 1.96. The van der Waals surface area contributed by atoms with Crippen molar-refractivity contribution in [3.05, 3.63) is 59.4 Å². The summed E-state index contributed by atoms with van der Waals surface area (Å²) in [5.41, 5.74) is 1.00. The summed E-state index contributed by atoms with van der Waals surface area (Å²) >= 11 is 0. The number of phenols is 1. The van der Waals surface area contributed by atoms with E-state index in [-0.39, 0.29) is 23.0 Å². The largest absolute Gasteiger partial charge is 0.507 e. The van der Waals surface area contributed by atoms with E-state index in [1.54, 1.807) is 25.2 Å². The zero-order valence-corrected chi connectivity index (χ0v) is 11.8. The number of hydrogen-bond donors (Lipinski definition) is 1. The average molecular weight is 289 g/mol. The number of hydrogen-bond acceptors (Lipinski definition) is 3. The van der Waals surface area contributed by atoms with Gasteiger partial charge in [0.25, 0.3) is 5.91 Å². The Morgan fingerprint density at radius 3 is 2.48 bits per heavy atom. The van der Waals surface area contributed by atoms with Crippen molar-refractivity contribution in [1.82, 2.24) is 4.90 Å². The quantitative estimate of drug-likeness (QED) is 0.941. The Hall–Kier alpha value is -2.56. The fourth-order valence-corrected chi connectivity index (χ4v) is 1.96. The molecule has 0 fully saturated rings. The molecule has 2 aromatic carbocycles. The van der Waals surface area contributed by atoms with Crippen LogP contribution in [-0.2, 0) is 6.54 Å². The van der Waals surface area contributed by atoms with Gasteiger partial charge in [-0.2, -0.15) is 0 Å². The van der Waals surface area contributed by atoms with Crippen molar-refractivity contribution in [3.63, 3.8) is 0 Å². The van der Waals surface area contributed by atoms with Crippen molar-refractivity contribution in [2.45, 2.75) is 6.54 Å². The molecule has 0 aliphatic carbocycles. The lowest BCUT2D eigenvalue weighted by atomic mass is 10.1. The van der Waals surface area contributed by atoms with Gasteiger partial charge < -0.3 is 14.7 Å². The molecule has 0 aliphatic heterocycles. The number of methoxy groups -OCH3 is 1. The van der Waals surface area contributed by atoms with Gasteiger partial charge in [0.15, 0.2) is 0 Å². The zero-order valence-electron chi connectivity index (χ0n) is 11.8. The number of carbonyl (C=O) groups is 1. The number of carbonyl (C=O) groups excluding carboxylic acids is 1. The van der Waals surface area contributed by atoms with Gasteiger partial charge in [-0.05, 0) is 29.8 Å². The second kappa shape index (κ2) is 6.26. The number of amides is 1. The first-order chi connectivity index (χ1) is 10.0. The summed E-state index contributed by atoms with van der Waals surface area (Å²) in [5.74, 6) is -0.296. The van der Waals surface area contributed by atoms with Crippen LogP contribution in [0.2, 0.25) is 0 Å². The Morgan fingerprint density at radius 1 is 1.24 bits per heavy atom. The van der Waals surface area contributed by atoms with Gasteiger partial charge in [-0.1, -0.05) is 12.1 Å². The van der Waals surface area contributed by atoms with E-state index in [2.05, 4.69) is 0 Å². The van der Waals surface area contributed by atoms with Crippen LogP contribution >= 0.6 is 0 Å². The zero-order chi connectivity index (χ0) is 15.4. The highest BCUT2D eigenvalue weighted by atomic mass is 19.1. The molecule has 21 heavy (non-hydrogen) atoms. The van der Waals surface area contributed by atoms with Crippen LogP contribution in [0.4, 0.5) is 4.39 Å². The van der Waals surface area contributed by atoms with Crippen LogP contribution < -0.4 is 4.74 Å². The van der Waals surface area contributed by atoms with Crippen LogP contribution in [0.15, 0.2) is 42.5 Å². The minimum Gasteiger partial charge on any atom is -0.507 e. The molecule has 0 bridgehead atoms. The van der Waals surface area contributed by atoms with Crippen molar-refractivity contribution in [2.24, 2.45) is 0 Å². The van der Waals surface area contributed by atoms with Gasteiger partial charge in [-0.15, -0.1) is 0 Å². The number of benzene rings is 2. The summed E-state index contributed by atoms with van der Waals surface area (Å²) in [6, 6.07) is 10.4. The average Bonchev–Trinajstić information content (AvgIpc) is 2.48. The van der Waals surface area contributed by atoms with Gasteiger partial charge in [0, 0.05) is 19.7 Å². The SMILES string of the molecule is COc1ccc(C(=O)N(C)Cc2ccc(F)cc2)c(O)c1. The lowest BCUT2D eigenvalue weighted by Gasteiger charge is -2.18. The van der Waals surface area contributed by atoms with Gasteiger partial charge in [0.05, 0.1) is 12.7 Å². The molecule has 2 rings (SSSR count). The predicted molar refractivity (Wildman–Crippen MR) is 76.9 cm³/mol. The first kappa shape index (κ1) is 14.8. The monoisotopic (exact) mass is 289 g/mol. The van der Waals surface area contributed by atoms with Gasteiger partial charge in [-0.25, -0.2) is 4.39 Å². The Morgan fingerprint density at radius 2 is 1.90 bits per heavy atom. The fraction of sp³-hybridized carbons (Fsp3) is 0.188. The van der Waals surface area contributed by atoms with Crippen LogP contribution in [0.25, 0.3) is 0 Å². The summed E-state index contributed by atoms with van der Waals surface area (Å²) in [5, 5.41) is 9.87. The molecule has 0 saturated heterocycles. The molecule has 2 aromatic rings. The molecule has 0 radical (unpaired) electrons. The van der Waals surface area contributed by atoms with E-state index in [1.165, 1.54) is 36.3 Å². The summed E-state index contributed by atoms with van der Waals surface area (Å²) in [4.78, 5) is 13.7. The van der Waals surface area contributed by atoms with Crippen molar-refractivity contribution < 1.29 is 19.0 Å². The van der Waals surface area contributed by atoms with Crippen molar-refractivity contribution >= 4 is 5.91 Å². The van der Waals surface area contributed by atoms with E-state index in [4.69, 9.17) is 4.74 Å². The first-order valence-electron chi connectivity index (χ1n) is 6.38. The molecule has 0 aromatic heterocycles. The number of nitrogens with zero attached hydrogens (tertiary/aromatic N) is 1. The number of rotatable bonds is 4. The standard InChI is InChI=1S/C16H16FNO3/c1-18(10-11-3-5-12(17)6-4-11)16(20)14-8-7-13(21-2)9-15(14)19/h3-9,19H,10H2,1-2H3. The third-order valence-electron chi connectivity index (χ3n) is 3.12. The highest BCUT2D eigenvalue weighted by Crippen LogP contribution is 2.24. The molecule has 1 amide bonds. The molecule has 0 unspecified atom stereocenters. The minimum atomic E-state index is -0.320. The second-order valence-electron chi connectivity index (χ2n) is 4.67. The molecule has 1 N–H and O–H groups in total. The van der Waals surface area contributed by atoms with Gasteiger partial charge in [-0.3, -0.25) is 4.79 Å². The van der Waals surface area contributed by atoms with Gasteiger partial charge >= 0.3 is 0 Å². The smallest absolute Gasteiger partial charge is 0.257 e. The lowest BCUT2D eigenvalue weighted by Crippen LogP contribution is -2.26. The number of halogens is 1. The van der Waals surface area contributed by atoms with Gasteiger partial charge in [0.2, 0.25) is 0 Å². The molecular formula is C16H16FNO3. The maximum Gasteiger partial charge on any atom is 0.257 e. The summed E-state index contributed by atoms with van der Waals surface area (Å²) in [6.07, 6.45) is 0. The van der Waals surface area contributed by atoms with Crippen LogP contribution in [-0.4, -0.2) is 30.1 Å². The topological polar surface area (TPSA) is 49.8 Å². The highest BCUT2D eigenvalue weighted by molar-refractivity contribution is 5.96. The maximum atomic E-state index is 12.8. The molecule has 110 valence electrons. The molecule has 0 heterocycles. The molecule has 5 heteroatoms. The van der Waals surface area contributed by atoms with Crippen LogP contribution in [0.1, 0.15) is 15.9 Å². The molecule has 0 saturated carbocycles. The van der Waals surface area contributed by atoms with Gasteiger partial charge in [0.1, 0.15) is 17.3 Å². The van der Waals surface area contributed by atoms with E-state index >= 15 is 0 Å². The van der Waals surface area contributed by atoms with Crippen LogP contribution in [0.5, 0.6) is 11.5 Å². The molecular weight excluding hydrogens is 273 g/mol. The van der Waals surface area contributed by atoms with E-state index < -0.39 is 0 Å². The van der Waals surface area contributed by atoms with E-state index in [9.17, 15) is 14.3 Å². The molecule has 0 aliphatic rings. The Labute approximate surface area is 122 Å². The molecule has 0 spiro atoms. The maximum absolute atomic E-state index is 12.8. The molecule has 0 atom stereocenters. The summed E-state index contributed by atoms with van der Waals surface area (Å²) in [6.45, 7) is 0.324.